The SMILES string of the molecule is O=C(CSc1nnc(C[C@H]2CCS(=O)(=O)C2)o1)c1ccc2c(c1)OCO2. The summed E-state index contributed by atoms with van der Waals surface area (Å²) in [6.45, 7) is 0.161. The summed E-state index contributed by atoms with van der Waals surface area (Å²) in [7, 11) is -2.92. The molecular formula is C16H16N2O6S2. The van der Waals surface area contributed by atoms with Crippen LogP contribution in [0.5, 0.6) is 11.5 Å². The zero-order valence-electron chi connectivity index (χ0n) is 13.7. The Balaban J connectivity index is 1.32. The zero-order chi connectivity index (χ0) is 18.1. The fourth-order valence-corrected chi connectivity index (χ4v) is 5.48. The molecule has 3 heterocycles. The number of hydrogen-bond acceptors (Lipinski definition) is 9. The molecule has 1 aromatic heterocycles. The number of ether oxygens (including phenoxy) is 2. The van der Waals surface area contributed by atoms with Crippen LogP contribution in [0.3, 0.4) is 0 Å². The van der Waals surface area contributed by atoms with Crippen LogP contribution < -0.4 is 9.47 Å². The van der Waals surface area contributed by atoms with Gasteiger partial charge in [-0.05, 0) is 30.5 Å². The molecule has 1 aromatic carbocycles. The molecule has 0 aliphatic carbocycles. The van der Waals surface area contributed by atoms with Crippen molar-refractivity contribution in [3.63, 3.8) is 0 Å². The van der Waals surface area contributed by atoms with E-state index in [0.717, 1.165) is 11.8 Å². The van der Waals surface area contributed by atoms with Gasteiger partial charge in [-0.25, -0.2) is 8.42 Å². The molecule has 0 unspecified atom stereocenters. The van der Waals surface area contributed by atoms with Gasteiger partial charge in [0.2, 0.25) is 12.7 Å². The van der Waals surface area contributed by atoms with Gasteiger partial charge in [0.05, 0.1) is 17.3 Å². The first-order chi connectivity index (χ1) is 12.5. The number of fused-ring (bicyclic) bond motifs is 1. The fraction of sp³-hybridized carbons (Fsp3) is 0.438. The number of aromatic nitrogens is 2. The Bertz CT molecular complexity index is 940. The summed E-state index contributed by atoms with van der Waals surface area (Å²) < 4.78 is 39.0. The molecule has 0 spiro atoms. The minimum absolute atomic E-state index is 0.0218. The van der Waals surface area contributed by atoms with Crippen LogP contribution in [0.4, 0.5) is 0 Å². The van der Waals surface area contributed by atoms with Crippen LogP contribution in [0.25, 0.3) is 0 Å². The molecule has 0 amide bonds. The number of benzene rings is 1. The number of rotatable bonds is 6. The van der Waals surface area contributed by atoms with Crippen molar-refractivity contribution in [2.45, 2.75) is 18.1 Å². The van der Waals surface area contributed by atoms with Crippen LogP contribution >= 0.6 is 11.8 Å². The smallest absolute Gasteiger partial charge is 0.277 e. The van der Waals surface area contributed by atoms with Crippen LogP contribution in [-0.4, -0.2) is 48.4 Å². The van der Waals surface area contributed by atoms with E-state index in [9.17, 15) is 13.2 Å². The van der Waals surface area contributed by atoms with Crippen molar-refractivity contribution < 1.29 is 27.1 Å². The van der Waals surface area contributed by atoms with Gasteiger partial charge in [-0.1, -0.05) is 11.8 Å². The Morgan fingerprint density at radius 2 is 2.08 bits per heavy atom. The quantitative estimate of drug-likeness (QED) is 0.533. The second kappa shape index (κ2) is 6.92. The van der Waals surface area contributed by atoms with Gasteiger partial charge < -0.3 is 13.9 Å². The number of nitrogens with zero attached hydrogens (tertiary/aromatic N) is 2. The summed E-state index contributed by atoms with van der Waals surface area (Å²) in [6, 6.07) is 5.06. The molecule has 138 valence electrons. The number of hydrogen-bond donors (Lipinski definition) is 0. The highest BCUT2D eigenvalue weighted by Crippen LogP contribution is 2.33. The molecule has 0 saturated carbocycles. The Hall–Kier alpha value is -2.07. The molecule has 1 fully saturated rings. The summed E-state index contributed by atoms with van der Waals surface area (Å²) in [5.74, 6) is 2.07. The van der Waals surface area contributed by atoms with Crippen LogP contribution in [0.1, 0.15) is 22.7 Å². The highest BCUT2D eigenvalue weighted by atomic mass is 32.2. The van der Waals surface area contributed by atoms with Crippen molar-refractivity contribution in [1.82, 2.24) is 10.2 Å². The zero-order valence-corrected chi connectivity index (χ0v) is 15.3. The molecule has 0 bridgehead atoms. The largest absolute Gasteiger partial charge is 0.454 e. The Labute approximate surface area is 154 Å². The second-order valence-electron chi connectivity index (χ2n) is 6.21. The van der Waals surface area contributed by atoms with Gasteiger partial charge in [0.1, 0.15) is 0 Å². The van der Waals surface area contributed by atoms with Crippen molar-refractivity contribution >= 4 is 27.4 Å². The predicted molar refractivity (Wildman–Crippen MR) is 92.4 cm³/mol. The van der Waals surface area contributed by atoms with E-state index in [1.165, 1.54) is 0 Å². The van der Waals surface area contributed by atoms with Crippen LogP contribution in [-0.2, 0) is 16.3 Å². The van der Waals surface area contributed by atoms with Crippen molar-refractivity contribution in [2.24, 2.45) is 5.92 Å². The molecule has 26 heavy (non-hydrogen) atoms. The molecule has 2 aliphatic heterocycles. The van der Waals surface area contributed by atoms with Crippen molar-refractivity contribution in [1.29, 1.82) is 0 Å². The number of ketones is 1. The Kier molecular flexibility index (Phi) is 4.62. The summed E-state index contributed by atoms with van der Waals surface area (Å²) >= 11 is 1.16. The number of carbonyl (C=O) groups is 1. The van der Waals surface area contributed by atoms with Gasteiger partial charge in [-0.3, -0.25) is 4.79 Å². The monoisotopic (exact) mass is 396 g/mol. The molecule has 1 atom stereocenters. The van der Waals surface area contributed by atoms with E-state index in [-0.39, 0.29) is 35.8 Å². The first-order valence-corrected chi connectivity index (χ1v) is 10.9. The van der Waals surface area contributed by atoms with Gasteiger partial charge in [0.15, 0.2) is 27.1 Å². The van der Waals surface area contributed by atoms with E-state index in [2.05, 4.69) is 10.2 Å². The maximum Gasteiger partial charge on any atom is 0.277 e. The first-order valence-electron chi connectivity index (χ1n) is 8.07. The number of thioether (sulfide) groups is 1. The van der Waals surface area contributed by atoms with Gasteiger partial charge in [0.25, 0.3) is 5.22 Å². The Morgan fingerprint density at radius 3 is 2.88 bits per heavy atom. The van der Waals surface area contributed by atoms with Crippen LogP contribution in [0.15, 0.2) is 27.8 Å². The number of Topliss-reactive ketones (excluding diaryl/α,β-unsaturated/α-hetero) is 1. The molecule has 0 N–H and O–H groups in total. The molecule has 2 aromatic rings. The lowest BCUT2D eigenvalue weighted by Gasteiger charge is -2.02. The maximum absolute atomic E-state index is 12.3. The van der Waals surface area contributed by atoms with Gasteiger partial charge in [-0.15, -0.1) is 10.2 Å². The molecular weight excluding hydrogens is 380 g/mol. The fourth-order valence-electron chi connectivity index (χ4n) is 2.94. The topological polar surface area (TPSA) is 109 Å². The van der Waals surface area contributed by atoms with Gasteiger partial charge in [-0.2, -0.15) is 0 Å². The van der Waals surface area contributed by atoms with E-state index in [4.69, 9.17) is 13.9 Å². The minimum Gasteiger partial charge on any atom is -0.454 e. The minimum atomic E-state index is -2.92. The van der Waals surface area contributed by atoms with Gasteiger partial charge in [0, 0.05) is 12.0 Å². The summed E-state index contributed by atoms with van der Waals surface area (Å²) in [5, 5.41) is 8.16. The molecule has 4 rings (SSSR count). The normalized spacial score (nSPS) is 20.4. The lowest BCUT2D eigenvalue weighted by atomic mass is 10.1. The molecule has 1 saturated heterocycles. The van der Waals surface area contributed by atoms with Crippen molar-refractivity contribution in [3.8, 4) is 11.5 Å². The molecule has 10 heteroatoms. The Morgan fingerprint density at radius 1 is 1.23 bits per heavy atom. The molecule has 8 nitrogen and oxygen atoms in total. The highest BCUT2D eigenvalue weighted by Gasteiger charge is 2.29. The van der Waals surface area contributed by atoms with Crippen LogP contribution in [0, 0.1) is 5.92 Å². The second-order valence-corrected chi connectivity index (χ2v) is 9.37. The maximum atomic E-state index is 12.3. The highest BCUT2D eigenvalue weighted by molar-refractivity contribution is 7.99. The van der Waals surface area contributed by atoms with E-state index in [1.807, 2.05) is 0 Å². The van der Waals surface area contributed by atoms with Crippen molar-refractivity contribution in [3.05, 3.63) is 29.7 Å². The van der Waals surface area contributed by atoms with Crippen LogP contribution in [0.2, 0.25) is 0 Å². The first kappa shape index (κ1) is 17.3. The summed E-state index contributed by atoms with van der Waals surface area (Å²) in [6.07, 6.45) is 1.07. The lowest BCUT2D eigenvalue weighted by Crippen LogP contribution is -2.07. The van der Waals surface area contributed by atoms with E-state index in [1.54, 1.807) is 18.2 Å². The van der Waals surface area contributed by atoms with E-state index < -0.39 is 9.84 Å². The standard InChI is InChI=1S/C16H16N2O6S2/c19-12(11-1-2-13-14(6-11)23-9-22-13)7-25-16-18-17-15(24-16)5-10-3-4-26(20,21)8-10/h1-2,6,10H,3-5,7-9H2/t10-/m1/s1. The summed E-state index contributed by atoms with van der Waals surface area (Å²) in [4.78, 5) is 12.3. The summed E-state index contributed by atoms with van der Waals surface area (Å²) in [5.41, 5.74) is 0.526. The van der Waals surface area contributed by atoms with Gasteiger partial charge >= 0.3 is 0 Å². The average molecular weight is 396 g/mol. The third-order valence-corrected chi connectivity index (χ3v) is 6.92. The van der Waals surface area contributed by atoms with Crippen molar-refractivity contribution in [2.75, 3.05) is 24.1 Å². The third kappa shape index (κ3) is 3.85. The predicted octanol–water partition coefficient (Wildman–Crippen LogP) is 1.75. The molecule has 2 aliphatic rings. The third-order valence-electron chi connectivity index (χ3n) is 4.26. The number of carbonyl (C=O) groups excluding carboxylic acids is 1. The van der Waals surface area contributed by atoms with E-state index >= 15 is 0 Å². The van der Waals surface area contributed by atoms with E-state index in [0.29, 0.717) is 41.0 Å². The lowest BCUT2D eigenvalue weighted by molar-refractivity contribution is 0.102. The number of sulfone groups is 1. The average Bonchev–Trinajstić information content (AvgIpc) is 3.32. The molecule has 0 radical (unpaired) electrons.